The van der Waals surface area contributed by atoms with Crippen molar-refractivity contribution in [2.45, 2.75) is 32.7 Å². The van der Waals surface area contributed by atoms with Gasteiger partial charge in [-0.2, -0.15) is 5.10 Å². The monoisotopic (exact) mass is 229 g/mol. The van der Waals surface area contributed by atoms with Crippen molar-refractivity contribution < 1.29 is 0 Å². The number of nitrogens with two attached hydrogens (primary N) is 1. The van der Waals surface area contributed by atoms with E-state index in [4.69, 9.17) is 5.73 Å². The Bertz CT molecular complexity index is 488. The number of nitrogens with zero attached hydrogens (tertiary/aromatic N) is 2. The highest BCUT2D eigenvalue weighted by molar-refractivity contribution is 5.35. The van der Waals surface area contributed by atoms with Crippen LogP contribution in [0.25, 0.3) is 5.69 Å². The van der Waals surface area contributed by atoms with Crippen LogP contribution in [-0.4, -0.2) is 15.8 Å². The Hall–Kier alpha value is -1.61. The van der Waals surface area contributed by atoms with Crippen LogP contribution in [0.5, 0.6) is 0 Å². The van der Waals surface area contributed by atoms with Gasteiger partial charge in [0, 0.05) is 12.2 Å². The highest BCUT2D eigenvalue weighted by Gasteiger charge is 2.03. The number of benzene rings is 1. The van der Waals surface area contributed by atoms with E-state index < -0.39 is 0 Å². The van der Waals surface area contributed by atoms with E-state index in [0.717, 1.165) is 24.2 Å². The minimum Gasteiger partial charge on any atom is -0.327 e. The molecule has 3 heteroatoms. The number of hydrogen-bond acceptors (Lipinski definition) is 2. The lowest BCUT2D eigenvalue weighted by atomic mass is 10.0. The topological polar surface area (TPSA) is 43.8 Å². The maximum absolute atomic E-state index is 5.98. The van der Waals surface area contributed by atoms with E-state index in [9.17, 15) is 0 Å². The first-order valence-corrected chi connectivity index (χ1v) is 6.06. The quantitative estimate of drug-likeness (QED) is 0.875. The van der Waals surface area contributed by atoms with E-state index in [0.29, 0.717) is 0 Å². The molecule has 0 aliphatic rings. The average Bonchev–Trinajstić information content (AvgIpc) is 2.76. The third-order valence-electron chi connectivity index (χ3n) is 2.92. The van der Waals surface area contributed by atoms with Crippen molar-refractivity contribution in [2.75, 3.05) is 0 Å². The molecule has 2 aromatic rings. The number of aryl methyl sites for hydroxylation is 1. The second-order valence-electron chi connectivity index (χ2n) is 4.44. The van der Waals surface area contributed by atoms with Gasteiger partial charge in [-0.15, -0.1) is 0 Å². The number of aromatic nitrogens is 2. The minimum atomic E-state index is 0.240. The van der Waals surface area contributed by atoms with Gasteiger partial charge in [0.15, 0.2) is 0 Å². The van der Waals surface area contributed by atoms with Gasteiger partial charge in [-0.3, -0.25) is 0 Å². The van der Waals surface area contributed by atoms with Crippen LogP contribution in [0, 0.1) is 6.92 Å². The standard InChI is InChI=1S/C14H19N3/c1-3-13(15)9-12-5-4-6-14(10-12)17-8-7-11(2)16-17/h4-8,10,13H,3,9,15H2,1-2H3. The average molecular weight is 229 g/mol. The molecule has 3 nitrogen and oxygen atoms in total. The summed E-state index contributed by atoms with van der Waals surface area (Å²) in [4.78, 5) is 0. The summed E-state index contributed by atoms with van der Waals surface area (Å²) in [6.07, 6.45) is 3.91. The molecule has 2 rings (SSSR count). The first-order chi connectivity index (χ1) is 8.19. The van der Waals surface area contributed by atoms with Crippen LogP contribution >= 0.6 is 0 Å². The lowest BCUT2D eigenvalue weighted by molar-refractivity contribution is 0.646. The maximum Gasteiger partial charge on any atom is 0.0648 e. The van der Waals surface area contributed by atoms with Gasteiger partial charge in [0.25, 0.3) is 0 Å². The van der Waals surface area contributed by atoms with E-state index in [1.807, 2.05) is 23.9 Å². The normalized spacial score (nSPS) is 12.6. The minimum absolute atomic E-state index is 0.240. The smallest absolute Gasteiger partial charge is 0.0648 e. The molecular formula is C14H19N3. The molecule has 0 saturated heterocycles. The number of rotatable bonds is 4. The van der Waals surface area contributed by atoms with Crippen LogP contribution in [0.3, 0.4) is 0 Å². The Morgan fingerprint density at radius 3 is 2.82 bits per heavy atom. The molecule has 17 heavy (non-hydrogen) atoms. The summed E-state index contributed by atoms with van der Waals surface area (Å²) in [5.74, 6) is 0. The van der Waals surface area contributed by atoms with E-state index in [1.54, 1.807) is 0 Å². The van der Waals surface area contributed by atoms with Crippen molar-refractivity contribution in [3.05, 3.63) is 47.8 Å². The fourth-order valence-corrected chi connectivity index (χ4v) is 1.83. The van der Waals surface area contributed by atoms with Crippen LogP contribution in [0.4, 0.5) is 0 Å². The van der Waals surface area contributed by atoms with Gasteiger partial charge in [0.05, 0.1) is 11.4 Å². The molecular weight excluding hydrogens is 210 g/mol. The van der Waals surface area contributed by atoms with Gasteiger partial charge in [0.1, 0.15) is 0 Å². The SMILES string of the molecule is CCC(N)Cc1cccc(-n2ccc(C)n2)c1. The Balaban J connectivity index is 2.22. The van der Waals surface area contributed by atoms with Crippen molar-refractivity contribution in [1.82, 2.24) is 9.78 Å². The molecule has 1 unspecified atom stereocenters. The summed E-state index contributed by atoms with van der Waals surface area (Å²) in [6, 6.07) is 10.6. The van der Waals surface area contributed by atoms with Crippen LogP contribution in [-0.2, 0) is 6.42 Å². The van der Waals surface area contributed by atoms with E-state index in [2.05, 4.69) is 36.3 Å². The zero-order valence-electron chi connectivity index (χ0n) is 10.4. The van der Waals surface area contributed by atoms with Crippen LogP contribution < -0.4 is 5.73 Å². The molecule has 0 spiro atoms. The van der Waals surface area contributed by atoms with E-state index >= 15 is 0 Å². The van der Waals surface area contributed by atoms with Crippen LogP contribution in [0.2, 0.25) is 0 Å². The highest BCUT2D eigenvalue weighted by atomic mass is 15.3. The molecule has 0 saturated carbocycles. The van der Waals surface area contributed by atoms with Crippen molar-refractivity contribution in [3.63, 3.8) is 0 Å². The Kier molecular flexibility index (Phi) is 3.59. The van der Waals surface area contributed by atoms with Crippen molar-refractivity contribution in [2.24, 2.45) is 5.73 Å². The summed E-state index contributed by atoms with van der Waals surface area (Å²) in [7, 11) is 0. The maximum atomic E-state index is 5.98. The summed E-state index contributed by atoms with van der Waals surface area (Å²) < 4.78 is 1.90. The lowest BCUT2D eigenvalue weighted by Crippen LogP contribution is -2.21. The van der Waals surface area contributed by atoms with Crippen molar-refractivity contribution in [3.8, 4) is 5.69 Å². The molecule has 0 bridgehead atoms. The second-order valence-corrected chi connectivity index (χ2v) is 4.44. The number of hydrogen-bond donors (Lipinski definition) is 1. The van der Waals surface area contributed by atoms with E-state index in [1.165, 1.54) is 5.56 Å². The molecule has 0 amide bonds. The highest BCUT2D eigenvalue weighted by Crippen LogP contribution is 2.12. The summed E-state index contributed by atoms with van der Waals surface area (Å²) >= 11 is 0. The first kappa shape index (κ1) is 11.9. The molecule has 0 fully saturated rings. The largest absolute Gasteiger partial charge is 0.327 e. The van der Waals surface area contributed by atoms with Gasteiger partial charge < -0.3 is 5.73 Å². The molecule has 2 N–H and O–H groups in total. The molecule has 0 aliphatic heterocycles. The fourth-order valence-electron chi connectivity index (χ4n) is 1.83. The Morgan fingerprint density at radius 1 is 1.35 bits per heavy atom. The van der Waals surface area contributed by atoms with E-state index in [-0.39, 0.29) is 6.04 Å². The van der Waals surface area contributed by atoms with Crippen LogP contribution in [0.1, 0.15) is 24.6 Å². The summed E-state index contributed by atoms with van der Waals surface area (Å²) in [5.41, 5.74) is 9.37. The molecule has 1 atom stereocenters. The molecule has 1 aromatic carbocycles. The predicted molar refractivity (Wildman–Crippen MR) is 70.3 cm³/mol. The predicted octanol–water partition coefficient (Wildman–Crippen LogP) is 2.46. The molecule has 0 radical (unpaired) electrons. The second kappa shape index (κ2) is 5.15. The van der Waals surface area contributed by atoms with Gasteiger partial charge in [-0.25, -0.2) is 4.68 Å². The Morgan fingerprint density at radius 2 is 2.18 bits per heavy atom. The van der Waals surface area contributed by atoms with Gasteiger partial charge in [-0.05, 0) is 43.5 Å². The first-order valence-electron chi connectivity index (χ1n) is 6.06. The van der Waals surface area contributed by atoms with Crippen LogP contribution in [0.15, 0.2) is 36.5 Å². The zero-order valence-corrected chi connectivity index (χ0v) is 10.4. The van der Waals surface area contributed by atoms with Gasteiger partial charge >= 0.3 is 0 Å². The summed E-state index contributed by atoms with van der Waals surface area (Å²) in [5, 5.41) is 4.41. The van der Waals surface area contributed by atoms with Crippen molar-refractivity contribution in [1.29, 1.82) is 0 Å². The molecule has 90 valence electrons. The molecule has 1 aromatic heterocycles. The van der Waals surface area contributed by atoms with Gasteiger partial charge in [-0.1, -0.05) is 19.1 Å². The fraction of sp³-hybridized carbons (Fsp3) is 0.357. The van der Waals surface area contributed by atoms with Crippen molar-refractivity contribution >= 4 is 0 Å². The lowest BCUT2D eigenvalue weighted by Gasteiger charge is -2.10. The molecule has 0 aliphatic carbocycles. The third-order valence-corrected chi connectivity index (χ3v) is 2.92. The van der Waals surface area contributed by atoms with Gasteiger partial charge in [0.2, 0.25) is 0 Å². The zero-order chi connectivity index (χ0) is 12.3. The third kappa shape index (κ3) is 2.94. The molecule has 1 heterocycles. The summed E-state index contributed by atoms with van der Waals surface area (Å²) in [6.45, 7) is 4.11. The Labute approximate surface area is 102 Å².